The summed E-state index contributed by atoms with van der Waals surface area (Å²) in [4.78, 5) is 21.5. The van der Waals surface area contributed by atoms with Gasteiger partial charge in [-0.15, -0.1) is 0 Å². The van der Waals surface area contributed by atoms with E-state index >= 15 is 0 Å². The molecule has 0 saturated carbocycles. The second kappa shape index (κ2) is 9.09. The van der Waals surface area contributed by atoms with Gasteiger partial charge < -0.3 is 9.80 Å². The van der Waals surface area contributed by atoms with Gasteiger partial charge in [-0.05, 0) is 50.8 Å². The van der Waals surface area contributed by atoms with Gasteiger partial charge in [-0.3, -0.25) is 15.0 Å². The lowest BCUT2D eigenvalue weighted by atomic mass is 10.0. The summed E-state index contributed by atoms with van der Waals surface area (Å²) in [6, 6.07) is 13.7. The molecule has 2 N–H and O–H groups in total. The van der Waals surface area contributed by atoms with Gasteiger partial charge >= 0.3 is 0 Å². The van der Waals surface area contributed by atoms with Crippen LogP contribution in [0.5, 0.6) is 0 Å². The molecular formula is C23H27N7O. The van der Waals surface area contributed by atoms with Crippen LogP contribution >= 0.6 is 0 Å². The highest BCUT2D eigenvalue weighted by Gasteiger charge is 2.17. The monoisotopic (exact) mass is 417 g/mol. The Hall–Kier alpha value is -3.52. The minimum atomic E-state index is 0.0380. The fourth-order valence-electron chi connectivity index (χ4n) is 3.56. The summed E-state index contributed by atoms with van der Waals surface area (Å²) in [6.07, 6.45) is 1.49. The van der Waals surface area contributed by atoms with Crippen LogP contribution in [0.2, 0.25) is 0 Å². The largest absolute Gasteiger partial charge is 0.338 e. The molecule has 0 unspecified atom stereocenters. The molecule has 0 bridgehead atoms. The molecule has 1 amide bonds. The summed E-state index contributed by atoms with van der Waals surface area (Å²) in [7, 11) is 2.06. The second-order valence-electron chi connectivity index (χ2n) is 7.53. The van der Waals surface area contributed by atoms with Gasteiger partial charge in [0.05, 0.1) is 11.2 Å². The van der Waals surface area contributed by atoms with E-state index in [9.17, 15) is 4.79 Å². The Labute approximate surface area is 181 Å². The third kappa shape index (κ3) is 4.34. The molecule has 2 heterocycles. The van der Waals surface area contributed by atoms with E-state index in [2.05, 4.69) is 44.3 Å². The summed E-state index contributed by atoms with van der Waals surface area (Å²) >= 11 is 0. The van der Waals surface area contributed by atoms with Gasteiger partial charge in [-0.2, -0.15) is 10.2 Å². The van der Waals surface area contributed by atoms with Crippen LogP contribution in [0.4, 0.5) is 0 Å². The lowest BCUT2D eigenvalue weighted by molar-refractivity contribution is 0.0751. The number of hydrogen-bond acceptors (Lipinski definition) is 5. The first-order valence-electron chi connectivity index (χ1n) is 10.5. The van der Waals surface area contributed by atoms with Crippen molar-refractivity contribution >= 4 is 16.8 Å². The number of hydrogen-bond donors (Lipinski definition) is 2. The summed E-state index contributed by atoms with van der Waals surface area (Å²) < 4.78 is 0. The molecule has 0 spiro atoms. The maximum atomic E-state index is 13.1. The van der Waals surface area contributed by atoms with Crippen molar-refractivity contribution in [1.82, 2.24) is 35.2 Å². The number of benzene rings is 2. The molecule has 0 atom stereocenters. The number of aromatic nitrogens is 5. The van der Waals surface area contributed by atoms with Crippen molar-refractivity contribution in [2.24, 2.45) is 0 Å². The molecule has 0 aliphatic heterocycles. The molecule has 0 aliphatic carbocycles. The zero-order chi connectivity index (χ0) is 21.8. The minimum Gasteiger partial charge on any atom is -0.338 e. The summed E-state index contributed by atoms with van der Waals surface area (Å²) in [5.74, 6) is 0.740. The number of carbonyl (C=O) groups excluding carboxylic acids is 1. The normalized spacial score (nSPS) is 11.4. The van der Waals surface area contributed by atoms with Gasteiger partial charge in [0.15, 0.2) is 5.82 Å². The van der Waals surface area contributed by atoms with Crippen LogP contribution in [0.3, 0.4) is 0 Å². The van der Waals surface area contributed by atoms with Crippen LogP contribution < -0.4 is 0 Å². The number of nitrogens with zero attached hydrogens (tertiary/aromatic N) is 5. The van der Waals surface area contributed by atoms with E-state index in [1.165, 1.54) is 6.33 Å². The van der Waals surface area contributed by atoms with Gasteiger partial charge in [-0.1, -0.05) is 19.1 Å². The predicted molar refractivity (Wildman–Crippen MR) is 122 cm³/mol. The third-order valence-electron chi connectivity index (χ3n) is 5.59. The van der Waals surface area contributed by atoms with E-state index < -0.39 is 0 Å². The molecule has 0 saturated heterocycles. The number of H-pyrrole nitrogens is 2. The zero-order valence-electron chi connectivity index (χ0n) is 18.1. The number of likely N-dealkylation sites (N-methyl/N-ethyl adjacent to an activating group) is 2. The molecule has 4 aromatic rings. The standard InChI is InChI=1S/C23H27N7O/c1-4-29(3)11-12-30(5-2)23(31)18-8-6-7-16(13-18)21-19-14-17(22-24-15-25-28-22)9-10-20(19)26-27-21/h6-10,13-15H,4-5,11-12H2,1-3H3,(H,26,27)(H,24,25,28). The molecule has 8 heteroatoms. The number of aromatic amines is 2. The molecule has 2 aromatic heterocycles. The second-order valence-corrected chi connectivity index (χ2v) is 7.53. The molecule has 0 aliphatic rings. The Morgan fingerprint density at radius 2 is 1.87 bits per heavy atom. The first kappa shape index (κ1) is 20.7. The Balaban J connectivity index is 1.64. The minimum absolute atomic E-state index is 0.0380. The van der Waals surface area contributed by atoms with Gasteiger partial charge in [0, 0.05) is 41.7 Å². The van der Waals surface area contributed by atoms with Gasteiger partial charge in [0.25, 0.3) is 5.91 Å². The van der Waals surface area contributed by atoms with Crippen LogP contribution in [0.15, 0.2) is 48.8 Å². The van der Waals surface area contributed by atoms with Crippen molar-refractivity contribution in [2.45, 2.75) is 13.8 Å². The highest BCUT2D eigenvalue weighted by molar-refractivity contribution is 5.98. The van der Waals surface area contributed by atoms with E-state index in [4.69, 9.17) is 0 Å². The van der Waals surface area contributed by atoms with Crippen LogP contribution in [0, 0.1) is 0 Å². The van der Waals surface area contributed by atoms with Gasteiger partial charge in [0.1, 0.15) is 6.33 Å². The summed E-state index contributed by atoms with van der Waals surface area (Å²) in [5.41, 5.74) is 4.22. The Morgan fingerprint density at radius 3 is 2.61 bits per heavy atom. The highest BCUT2D eigenvalue weighted by Crippen LogP contribution is 2.30. The average molecular weight is 418 g/mol. The van der Waals surface area contributed by atoms with Crippen LogP contribution in [0.25, 0.3) is 33.5 Å². The lowest BCUT2D eigenvalue weighted by Gasteiger charge is -2.24. The van der Waals surface area contributed by atoms with Crippen molar-refractivity contribution in [3.05, 3.63) is 54.4 Å². The zero-order valence-corrected chi connectivity index (χ0v) is 18.1. The number of rotatable bonds is 8. The van der Waals surface area contributed by atoms with Crippen molar-refractivity contribution < 1.29 is 4.79 Å². The Bertz CT molecular complexity index is 1170. The molecule has 2 aromatic carbocycles. The molecule has 31 heavy (non-hydrogen) atoms. The van der Waals surface area contributed by atoms with E-state index in [0.29, 0.717) is 24.5 Å². The van der Waals surface area contributed by atoms with E-state index in [1.807, 2.05) is 54.3 Å². The lowest BCUT2D eigenvalue weighted by Crippen LogP contribution is -2.37. The molecule has 4 rings (SSSR count). The molecule has 0 fully saturated rings. The van der Waals surface area contributed by atoms with E-state index in [-0.39, 0.29) is 5.91 Å². The number of amides is 1. The quantitative estimate of drug-likeness (QED) is 0.458. The molecule has 160 valence electrons. The SMILES string of the molecule is CCN(C)CCN(CC)C(=O)c1cccc(-c2n[nH]c3ccc(-c4ncn[nH]4)cc23)c1. The fraction of sp³-hybridized carbons (Fsp3) is 0.304. The van der Waals surface area contributed by atoms with Gasteiger partial charge in [-0.25, -0.2) is 4.98 Å². The van der Waals surface area contributed by atoms with Crippen LogP contribution in [-0.2, 0) is 0 Å². The molecular weight excluding hydrogens is 390 g/mol. The molecule has 8 nitrogen and oxygen atoms in total. The Morgan fingerprint density at radius 1 is 1.00 bits per heavy atom. The summed E-state index contributed by atoms with van der Waals surface area (Å²) in [5, 5.41) is 15.4. The Kier molecular flexibility index (Phi) is 6.08. The topological polar surface area (TPSA) is 93.8 Å². The summed E-state index contributed by atoms with van der Waals surface area (Å²) in [6.45, 7) is 7.32. The van der Waals surface area contributed by atoms with Gasteiger partial charge in [0.2, 0.25) is 0 Å². The fourth-order valence-corrected chi connectivity index (χ4v) is 3.56. The van der Waals surface area contributed by atoms with Crippen molar-refractivity contribution in [1.29, 1.82) is 0 Å². The van der Waals surface area contributed by atoms with Crippen molar-refractivity contribution in [2.75, 3.05) is 33.2 Å². The first-order valence-corrected chi connectivity index (χ1v) is 10.5. The van der Waals surface area contributed by atoms with Crippen molar-refractivity contribution in [3.63, 3.8) is 0 Å². The average Bonchev–Trinajstić information content (AvgIpc) is 3.49. The highest BCUT2D eigenvalue weighted by atomic mass is 16.2. The molecule has 0 radical (unpaired) electrons. The smallest absolute Gasteiger partial charge is 0.253 e. The van der Waals surface area contributed by atoms with E-state index in [1.54, 1.807) is 0 Å². The van der Waals surface area contributed by atoms with E-state index in [0.717, 1.165) is 40.8 Å². The number of carbonyl (C=O) groups is 1. The third-order valence-corrected chi connectivity index (χ3v) is 5.59. The predicted octanol–water partition coefficient (Wildman–Crippen LogP) is 3.43. The first-order chi connectivity index (χ1) is 15.1. The van der Waals surface area contributed by atoms with Crippen LogP contribution in [-0.4, -0.2) is 74.3 Å². The number of nitrogens with one attached hydrogen (secondary N) is 2. The van der Waals surface area contributed by atoms with Crippen molar-refractivity contribution in [3.8, 4) is 22.6 Å². The van der Waals surface area contributed by atoms with Crippen LogP contribution in [0.1, 0.15) is 24.2 Å². The maximum absolute atomic E-state index is 13.1. The maximum Gasteiger partial charge on any atom is 0.253 e. The number of fused-ring (bicyclic) bond motifs is 1.